The molecular weight excluding hydrogens is 334 g/mol. The van der Waals surface area contributed by atoms with Crippen molar-refractivity contribution in [2.24, 2.45) is 0 Å². The highest BCUT2D eigenvalue weighted by molar-refractivity contribution is 7.89. The molecular formula is C16H25NO4S2. The summed E-state index contributed by atoms with van der Waals surface area (Å²) in [5, 5.41) is 0. The Morgan fingerprint density at radius 2 is 2.04 bits per heavy atom. The third-order valence-corrected chi connectivity index (χ3v) is 8.54. The van der Waals surface area contributed by atoms with E-state index in [1.54, 1.807) is 24.6 Å². The van der Waals surface area contributed by atoms with Crippen molar-refractivity contribution in [3.05, 3.63) is 15.8 Å². The molecule has 23 heavy (non-hydrogen) atoms. The first-order valence-electron chi connectivity index (χ1n) is 8.01. The van der Waals surface area contributed by atoms with Crippen LogP contribution in [0.2, 0.25) is 0 Å². The van der Waals surface area contributed by atoms with Gasteiger partial charge in [-0.1, -0.05) is 0 Å². The Bertz CT molecular complexity index is 684. The van der Waals surface area contributed by atoms with E-state index in [1.807, 2.05) is 13.8 Å². The number of fused-ring (bicyclic) bond motifs is 1. The Morgan fingerprint density at radius 1 is 1.30 bits per heavy atom. The molecule has 1 aliphatic heterocycles. The minimum atomic E-state index is -3.49. The number of thiophene rings is 1. The number of hydrogen-bond donors (Lipinski definition) is 0. The third-order valence-electron chi connectivity index (χ3n) is 5.41. The lowest BCUT2D eigenvalue weighted by Gasteiger charge is -2.42. The Balaban J connectivity index is 1.97. The van der Waals surface area contributed by atoms with Crippen molar-refractivity contribution in [3.63, 3.8) is 0 Å². The molecule has 0 unspecified atom stereocenters. The van der Waals surface area contributed by atoms with Crippen molar-refractivity contribution in [3.8, 4) is 0 Å². The van der Waals surface area contributed by atoms with E-state index < -0.39 is 10.0 Å². The molecule has 0 N–H and O–H groups in total. The van der Waals surface area contributed by atoms with Gasteiger partial charge in [-0.05, 0) is 45.6 Å². The van der Waals surface area contributed by atoms with Gasteiger partial charge in [0.15, 0.2) is 0 Å². The first kappa shape index (κ1) is 17.4. The number of methoxy groups -OCH3 is 2. The molecule has 0 aromatic carbocycles. The molecule has 1 aromatic heterocycles. The fraction of sp³-hybridized carbons (Fsp3) is 0.750. The number of aryl methyl sites for hydroxylation is 2. The molecule has 1 saturated carbocycles. The molecule has 7 heteroatoms. The van der Waals surface area contributed by atoms with Gasteiger partial charge in [-0.15, -0.1) is 11.3 Å². The monoisotopic (exact) mass is 359 g/mol. The maximum atomic E-state index is 13.2. The summed E-state index contributed by atoms with van der Waals surface area (Å²) in [6.45, 7) is 4.34. The minimum Gasteiger partial charge on any atom is -0.381 e. The summed E-state index contributed by atoms with van der Waals surface area (Å²) in [7, 11) is -0.0870. The standard InChI is InChI=1S/C16H25NO4S2/c1-11-9-14(12(2)22-11)23(18,19)17-8-7-16(21-4)6-5-13(20-3)10-15(16)17/h9,13,15H,5-8,10H2,1-4H3/t13-,15-,16+/m0/s1. The van der Waals surface area contributed by atoms with Gasteiger partial charge in [0.1, 0.15) is 0 Å². The Morgan fingerprint density at radius 3 is 2.61 bits per heavy atom. The molecule has 0 bridgehead atoms. The van der Waals surface area contributed by atoms with Crippen LogP contribution in [0, 0.1) is 13.8 Å². The second-order valence-corrected chi connectivity index (χ2v) is 9.88. The number of rotatable bonds is 4. The molecule has 2 heterocycles. The Hall–Kier alpha value is -0.470. The van der Waals surface area contributed by atoms with Crippen LogP contribution in [0.1, 0.15) is 35.4 Å². The highest BCUT2D eigenvalue weighted by Gasteiger charge is 2.55. The molecule has 130 valence electrons. The number of nitrogens with zero attached hydrogens (tertiary/aromatic N) is 1. The first-order chi connectivity index (χ1) is 10.8. The maximum absolute atomic E-state index is 13.2. The number of ether oxygens (including phenoxy) is 2. The molecule has 0 radical (unpaired) electrons. The van der Waals surface area contributed by atoms with Crippen molar-refractivity contribution in [1.29, 1.82) is 0 Å². The van der Waals surface area contributed by atoms with Crippen LogP contribution in [0.3, 0.4) is 0 Å². The highest BCUT2D eigenvalue weighted by atomic mass is 32.2. The van der Waals surface area contributed by atoms with Gasteiger partial charge in [0.05, 0.1) is 22.6 Å². The van der Waals surface area contributed by atoms with Gasteiger partial charge < -0.3 is 9.47 Å². The summed E-state index contributed by atoms with van der Waals surface area (Å²) >= 11 is 1.53. The van der Waals surface area contributed by atoms with E-state index in [1.165, 1.54) is 11.3 Å². The maximum Gasteiger partial charge on any atom is 0.244 e. The van der Waals surface area contributed by atoms with E-state index in [9.17, 15) is 8.42 Å². The van der Waals surface area contributed by atoms with Crippen LogP contribution in [0.4, 0.5) is 0 Å². The van der Waals surface area contributed by atoms with E-state index >= 15 is 0 Å². The first-order valence-corrected chi connectivity index (χ1v) is 10.3. The SMILES string of the molecule is CO[C@H]1CC[C@@]2(OC)CCN(S(=O)(=O)c3cc(C)sc3C)[C@H]2C1. The van der Waals surface area contributed by atoms with Gasteiger partial charge in [-0.25, -0.2) is 8.42 Å². The normalized spacial score (nSPS) is 32.2. The van der Waals surface area contributed by atoms with Crippen LogP contribution in [-0.2, 0) is 19.5 Å². The summed E-state index contributed by atoms with van der Waals surface area (Å²) in [4.78, 5) is 2.33. The number of sulfonamides is 1. The summed E-state index contributed by atoms with van der Waals surface area (Å²) in [5.74, 6) is 0. The molecule has 1 aliphatic carbocycles. The Kier molecular flexibility index (Phi) is 4.61. The molecule has 5 nitrogen and oxygen atoms in total. The van der Waals surface area contributed by atoms with Crippen LogP contribution in [0.25, 0.3) is 0 Å². The van der Waals surface area contributed by atoms with Crippen molar-refractivity contribution in [2.45, 2.75) is 62.2 Å². The molecule has 1 aromatic rings. The van der Waals surface area contributed by atoms with Crippen molar-refractivity contribution >= 4 is 21.4 Å². The minimum absolute atomic E-state index is 0.101. The van der Waals surface area contributed by atoms with Gasteiger partial charge in [0.2, 0.25) is 10.0 Å². The zero-order valence-electron chi connectivity index (χ0n) is 14.2. The molecule has 0 spiro atoms. The van der Waals surface area contributed by atoms with Crippen molar-refractivity contribution in [1.82, 2.24) is 4.31 Å². The van der Waals surface area contributed by atoms with Gasteiger partial charge in [-0.3, -0.25) is 0 Å². The summed E-state index contributed by atoms with van der Waals surface area (Å²) in [5.41, 5.74) is -0.360. The summed E-state index contributed by atoms with van der Waals surface area (Å²) < 4.78 is 39.4. The summed E-state index contributed by atoms with van der Waals surface area (Å²) in [6, 6.07) is 1.65. The fourth-order valence-corrected chi connectivity index (χ4v) is 7.33. The van der Waals surface area contributed by atoms with Gasteiger partial charge >= 0.3 is 0 Å². The lowest BCUT2D eigenvalue weighted by molar-refractivity contribution is -0.0847. The smallest absolute Gasteiger partial charge is 0.244 e. The quantitative estimate of drug-likeness (QED) is 0.829. The fourth-order valence-electron chi connectivity index (χ4n) is 4.11. The highest BCUT2D eigenvalue weighted by Crippen LogP contribution is 2.45. The summed E-state index contributed by atoms with van der Waals surface area (Å²) in [6.07, 6.45) is 3.33. The molecule has 0 amide bonds. The topological polar surface area (TPSA) is 55.8 Å². The Labute approximate surface area is 142 Å². The second-order valence-electron chi connectivity index (χ2n) is 6.56. The molecule has 3 atom stereocenters. The largest absolute Gasteiger partial charge is 0.381 e. The zero-order valence-corrected chi connectivity index (χ0v) is 15.8. The van der Waals surface area contributed by atoms with Crippen molar-refractivity contribution < 1.29 is 17.9 Å². The van der Waals surface area contributed by atoms with Gasteiger partial charge in [0.25, 0.3) is 0 Å². The second kappa shape index (κ2) is 6.11. The van der Waals surface area contributed by atoms with Gasteiger partial charge in [0, 0.05) is 30.5 Å². The molecule has 2 fully saturated rings. The van der Waals surface area contributed by atoms with Crippen LogP contribution < -0.4 is 0 Å². The average molecular weight is 360 g/mol. The van der Waals surface area contributed by atoms with E-state index in [0.717, 1.165) is 29.0 Å². The van der Waals surface area contributed by atoms with E-state index in [4.69, 9.17) is 9.47 Å². The van der Waals surface area contributed by atoms with E-state index in [0.29, 0.717) is 17.9 Å². The predicted octanol–water partition coefficient (Wildman–Crippen LogP) is 2.71. The molecule has 1 saturated heterocycles. The van der Waals surface area contributed by atoms with E-state index in [-0.39, 0.29) is 17.7 Å². The van der Waals surface area contributed by atoms with Crippen LogP contribution in [-0.4, -0.2) is 51.2 Å². The van der Waals surface area contributed by atoms with Crippen LogP contribution in [0.15, 0.2) is 11.0 Å². The lowest BCUT2D eigenvalue weighted by atomic mass is 9.79. The van der Waals surface area contributed by atoms with Crippen LogP contribution in [0.5, 0.6) is 0 Å². The zero-order chi connectivity index (χ0) is 16.8. The predicted molar refractivity (Wildman–Crippen MR) is 90.5 cm³/mol. The molecule has 2 aliphatic rings. The van der Waals surface area contributed by atoms with Crippen LogP contribution >= 0.6 is 11.3 Å². The third kappa shape index (κ3) is 2.76. The average Bonchev–Trinajstić information content (AvgIpc) is 3.07. The van der Waals surface area contributed by atoms with Crippen molar-refractivity contribution in [2.75, 3.05) is 20.8 Å². The van der Waals surface area contributed by atoms with E-state index in [2.05, 4.69) is 0 Å². The lowest BCUT2D eigenvalue weighted by Crippen LogP contribution is -2.53. The molecule has 3 rings (SSSR count). The van der Waals surface area contributed by atoms with Gasteiger partial charge in [-0.2, -0.15) is 4.31 Å². The number of hydrogen-bond acceptors (Lipinski definition) is 5.